The van der Waals surface area contributed by atoms with Crippen LogP contribution in [0.5, 0.6) is 0 Å². The van der Waals surface area contributed by atoms with E-state index in [2.05, 4.69) is 6.92 Å². The first-order valence-electron chi connectivity index (χ1n) is 3.24. The molecular formula is C8H9O3. The highest BCUT2D eigenvalue weighted by Gasteiger charge is 2.10. The van der Waals surface area contributed by atoms with Crippen molar-refractivity contribution in [3.8, 4) is 0 Å². The Hall–Kier alpha value is -1.25. The summed E-state index contributed by atoms with van der Waals surface area (Å²) in [6, 6.07) is 3.43. The van der Waals surface area contributed by atoms with Crippen LogP contribution in [0, 0.1) is 6.92 Å². The van der Waals surface area contributed by atoms with Crippen LogP contribution in [0.25, 0.3) is 0 Å². The summed E-state index contributed by atoms with van der Waals surface area (Å²) in [5.74, 6) is 0.196. The molecule has 0 fully saturated rings. The Bertz CT molecular complexity index is 225. The Kier molecular flexibility index (Phi) is 2.31. The van der Waals surface area contributed by atoms with Gasteiger partial charge in [-0.05, 0) is 19.1 Å². The first kappa shape index (κ1) is 7.85. The molecule has 59 valence electrons. The fourth-order valence-electron chi connectivity index (χ4n) is 0.733. The molecule has 3 nitrogen and oxygen atoms in total. The Morgan fingerprint density at radius 1 is 1.82 bits per heavy atom. The molecule has 1 atom stereocenters. The highest BCUT2D eigenvalue weighted by molar-refractivity contribution is 5.66. The number of carbonyl (C=O) groups excluding carboxylic acids is 1. The molecule has 0 N–H and O–H groups in total. The lowest BCUT2D eigenvalue weighted by Crippen LogP contribution is -2.03. The fourth-order valence-corrected chi connectivity index (χ4v) is 0.733. The zero-order chi connectivity index (χ0) is 8.27. The summed E-state index contributed by atoms with van der Waals surface area (Å²) in [7, 11) is 0. The van der Waals surface area contributed by atoms with Gasteiger partial charge in [0.15, 0.2) is 6.10 Å². The lowest BCUT2D eigenvalue weighted by atomic mass is 10.3. The third-order valence-electron chi connectivity index (χ3n) is 1.17. The summed E-state index contributed by atoms with van der Waals surface area (Å²) in [5, 5.41) is 0. The van der Waals surface area contributed by atoms with Crippen LogP contribution in [-0.2, 0) is 9.53 Å². The van der Waals surface area contributed by atoms with Crippen LogP contribution in [0.1, 0.15) is 18.8 Å². The van der Waals surface area contributed by atoms with Crippen molar-refractivity contribution in [2.45, 2.75) is 13.0 Å². The highest BCUT2D eigenvalue weighted by atomic mass is 16.5. The van der Waals surface area contributed by atoms with Crippen LogP contribution < -0.4 is 0 Å². The third-order valence-corrected chi connectivity index (χ3v) is 1.17. The molecule has 0 aliphatic heterocycles. The first-order chi connectivity index (χ1) is 5.20. The Morgan fingerprint density at radius 2 is 2.55 bits per heavy atom. The SMILES string of the molecule is [CH2]C(OC(C)=O)c1ccco1. The average molecular weight is 153 g/mol. The van der Waals surface area contributed by atoms with E-state index in [9.17, 15) is 4.79 Å². The fraction of sp³-hybridized carbons (Fsp3) is 0.250. The van der Waals surface area contributed by atoms with Gasteiger partial charge in [-0.25, -0.2) is 0 Å². The van der Waals surface area contributed by atoms with E-state index in [1.165, 1.54) is 13.2 Å². The molecular weight excluding hydrogens is 144 g/mol. The maximum atomic E-state index is 10.4. The second-order valence-electron chi connectivity index (χ2n) is 2.11. The van der Waals surface area contributed by atoms with Crippen molar-refractivity contribution in [3.05, 3.63) is 31.1 Å². The summed E-state index contributed by atoms with van der Waals surface area (Å²) in [6.07, 6.45) is 0.972. The monoisotopic (exact) mass is 153 g/mol. The molecule has 0 aliphatic rings. The van der Waals surface area contributed by atoms with Crippen LogP contribution in [0.2, 0.25) is 0 Å². The van der Waals surface area contributed by atoms with Crippen molar-refractivity contribution < 1.29 is 13.9 Å². The van der Waals surface area contributed by atoms with Crippen molar-refractivity contribution in [3.63, 3.8) is 0 Å². The van der Waals surface area contributed by atoms with E-state index in [1.54, 1.807) is 12.1 Å². The lowest BCUT2D eigenvalue weighted by Gasteiger charge is -2.07. The second kappa shape index (κ2) is 3.23. The number of esters is 1. The van der Waals surface area contributed by atoms with Crippen molar-refractivity contribution in [2.75, 3.05) is 0 Å². The predicted molar refractivity (Wildman–Crippen MR) is 38.6 cm³/mol. The topological polar surface area (TPSA) is 39.4 Å². The number of ether oxygens (including phenoxy) is 1. The van der Waals surface area contributed by atoms with Gasteiger partial charge in [-0.15, -0.1) is 0 Å². The van der Waals surface area contributed by atoms with E-state index in [-0.39, 0.29) is 5.97 Å². The van der Waals surface area contributed by atoms with Crippen molar-refractivity contribution in [1.29, 1.82) is 0 Å². The minimum atomic E-state index is -0.539. The molecule has 0 amide bonds. The van der Waals surface area contributed by atoms with Gasteiger partial charge in [0.2, 0.25) is 0 Å². The highest BCUT2D eigenvalue weighted by Crippen LogP contribution is 2.15. The maximum Gasteiger partial charge on any atom is 0.303 e. The normalized spacial score (nSPS) is 12.5. The lowest BCUT2D eigenvalue weighted by molar-refractivity contribution is -0.145. The molecule has 3 heteroatoms. The molecule has 0 saturated heterocycles. The van der Waals surface area contributed by atoms with Gasteiger partial charge < -0.3 is 9.15 Å². The molecule has 1 rings (SSSR count). The van der Waals surface area contributed by atoms with Gasteiger partial charge in [-0.3, -0.25) is 4.79 Å². The molecule has 0 saturated carbocycles. The quantitative estimate of drug-likeness (QED) is 0.607. The average Bonchev–Trinajstić information content (AvgIpc) is 2.35. The number of rotatable bonds is 2. The summed E-state index contributed by atoms with van der Waals surface area (Å²) < 4.78 is 9.71. The molecule has 1 aromatic rings. The molecule has 11 heavy (non-hydrogen) atoms. The summed E-state index contributed by atoms with van der Waals surface area (Å²) >= 11 is 0. The number of hydrogen-bond acceptors (Lipinski definition) is 3. The largest absolute Gasteiger partial charge is 0.465 e. The molecule has 0 bridgehead atoms. The predicted octanol–water partition coefficient (Wildman–Crippen LogP) is 1.72. The second-order valence-corrected chi connectivity index (χ2v) is 2.11. The van der Waals surface area contributed by atoms with Crippen molar-refractivity contribution >= 4 is 5.97 Å². The minimum absolute atomic E-state index is 0.360. The van der Waals surface area contributed by atoms with Crippen molar-refractivity contribution in [1.82, 2.24) is 0 Å². The zero-order valence-corrected chi connectivity index (χ0v) is 6.24. The Labute approximate surface area is 65.0 Å². The molecule has 0 aromatic carbocycles. The van der Waals surface area contributed by atoms with E-state index in [1.807, 2.05) is 0 Å². The van der Waals surface area contributed by atoms with Crippen LogP contribution in [0.3, 0.4) is 0 Å². The van der Waals surface area contributed by atoms with Gasteiger partial charge in [0, 0.05) is 6.92 Å². The number of hydrogen-bond donors (Lipinski definition) is 0. The molecule has 1 heterocycles. The maximum absolute atomic E-state index is 10.4. The Balaban J connectivity index is 2.56. The number of carbonyl (C=O) groups is 1. The van der Waals surface area contributed by atoms with E-state index >= 15 is 0 Å². The third kappa shape index (κ3) is 2.11. The van der Waals surface area contributed by atoms with Gasteiger partial charge in [0.05, 0.1) is 6.26 Å². The van der Waals surface area contributed by atoms with E-state index < -0.39 is 6.10 Å². The van der Waals surface area contributed by atoms with Gasteiger partial charge >= 0.3 is 5.97 Å². The van der Waals surface area contributed by atoms with Crippen LogP contribution in [0.4, 0.5) is 0 Å². The van der Waals surface area contributed by atoms with Gasteiger partial charge in [0.1, 0.15) is 5.76 Å². The molecule has 1 aromatic heterocycles. The zero-order valence-electron chi connectivity index (χ0n) is 6.24. The van der Waals surface area contributed by atoms with Crippen LogP contribution in [-0.4, -0.2) is 5.97 Å². The number of furan rings is 1. The van der Waals surface area contributed by atoms with Gasteiger partial charge in [-0.2, -0.15) is 0 Å². The molecule has 0 spiro atoms. The molecule has 1 radical (unpaired) electrons. The first-order valence-corrected chi connectivity index (χ1v) is 3.24. The van der Waals surface area contributed by atoms with Crippen LogP contribution in [0.15, 0.2) is 22.8 Å². The van der Waals surface area contributed by atoms with E-state index in [0.29, 0.717) is 5.76 Å². The van der Waals surface area contributed by atoms with Crippen molar-refractivity contribution in [2.24, 2.45) is 0 Å². The summed E-state index contributed by atoms with van der Waals surface area (Å²) in [4.78, 5) is 10.4. The molecule has 1 unspecified atom stereocenters. The van der Waals surface area contributed by atoms with E-state index in [0.717, 1.165) is 0 Å². The minimum Gasteiger partial charge on any atom is -0.465 e. The Morgan fingerprint density at radius 3 is 3.00 bits per heavy atom. The van der Waals surface area contributed by atoms with Gasteiger partial charge in [-0.1, -0.05) is 0 Å². The smallest absolute Gasteiger partial charge is 0.303 e. The standard InChI is InChI=1S/C8H9O3/c1-6(11-7(2)9)8-4-3-5-10-8/h3-6H,1H2,2H3. The van der Waals surface area contributed by atoms with Gasteiger partial charge in [0.25, 0.3) is 0 Å². The summed E-state index contributed by atoms with van der Waals surface area (Å²) in [5.41, 5.74) is 0. The molecule has 0 aliphatic carbocycles. The van der Waals surface area contributed by atoms with E-state index in [4.69, 9.17) is 9.15 Å². The summed E-state index contributed by atoms with van der Waals surface area (Å²) in [6.45, 7) is 4.92. The van der Waals surface area contributed by atoms with Crippen LogP contribution >= 0.6 is 0 Å².